The van der Waals surface area contributed by atoms with E-state index in [2.05, 4.69) is 66.9 Å². The minimum absolute atomic E-state index is 0.202. The number of pyridine rings is 6. The molecule has 0 spiro atoms. The Labute approximate surface area is 399 Å². The molecule has 0 bridgehead atoms. The highest BCUT2D eigenvalue weighted by molar-refractivity contribution is 7.90. The van der Waals surface area contributed by atoms with Crippen LogP contribution in [-0.2, 0) is 25.6 Å². The van der Waals surface area contributed by atoms with E-state index in [-0.39, 0.29) is 4.90 Å². The Hall–Kier alpha value is -8.35. The second-order valence-corrected chi connectivity index (χ2v) is 19.6. The fraction of sp³-hybridized carbons (Fsp3) is 0.185. The van der Waals surface area contributed by atoms with Gasteiger partial charge in [-0.1, -0.05) is 49.7 Å². The number of rotatable bonds is 9. The van der Waals surface area contributed by atoms with Crippen molar-refractivity contribution in [3.8, 4) is 39.8 Å². The molecule has 69 heavy (non-hydrogen) atoms. The Morgan fingerprint density at radius 2 is 1.16 bits per heavy atom. The van der Waals surface area contributed by atoms with Gasteiger partial charge in [0, 0.05) is 75.7 Å². The fourth-order valence-corrected chi connectivity index (χ4v) is 8.88. The van der Waals surface area contributed by atoms with E-state index in [9.17, 15) is 23.6 Å². The van der Waals surface area contributed by atoms with E-state index in [1.807, 2.05) is 100 Å². The molecule has 0 aliphatic heterocycles. The number of aliphatic carboxylic acids is 1. The van der Waals surface area contributed by atoms with Gasteiger partial charge in [-0.05, 0) is 125 Å². The molecule has 346 valence electrons. The van der Waals surface area contributed by atoms with Gasteiger partial charge in [-0.2, -0.15) is 5.26 Å². The van der Waals surface area contributed by atoms with Gasteiger partial charge in [-0.3, -0.25) is 19.7 Å². The van der Waals surface area contributed by atoms with Crippen LogP contribution in [0.1, 0.15) is 70.1 Å². The zero-order valence-corrected chi connectivity index (χ0v) is 40.0. The number of carbonyl (C=O) groups is 1. The Kier molecular flexibility index (Phi) is 13.1. The van der Waals surface area contributed by atoms with E-state index in [1.54, 1.807) is 68.7 Å². The molecule has 15 heteroatoms. The first-order valence-electron chi connectivity index (χ1n) is 22.2. The van der Waals surface area contributed by atoms with Gasteiger partial charge in [0.15, 0.2) is 5.65 Å². The lowest BCUT2D eigenvalue weighted by atomic mass is 9.88. The summed E-state index contributed by atoms with van der Waals surface area (Å²) < 4.78 is 27.5. The zero-order chi connectivity index (χ0) is 49.1. The number of carboxylic acid groups (broad SMARTS) is 1. The largest absolute Gasteiger partial charge is 0.481 e. The van der Waals surface area contributed by atoms with E-state index in [4.69, 9.17) is 4.98 Å². The monoisotopic (exact) mass is 934 g/mol. The van der Waals surface area contributed by atoms with Crippen molar-refractivity contribution in [3.63, 3.8) is 0 Å². The smallest absolute Gasteiger partial charge is 0.315 e. The second-order valence-electron chi connectivity index (χ2n) is 17.8. The molecule has 9 heterocycles. The summed E-state index contributed by atoms with van der Waals surface area (Å²) in [6, 6.07) is 37.6. The van der Waals surface area contributed by atoms with Crippen molar-refractivity contribution in [3.05, 3.63) is 175 Å². The maximum atomic E-state index is 13.2. The van der Waals surface area contributed by atoms with E-state index in [0.29, 0.717) is 34.0 Å². The van der Waals surface area contributed by atoms with Gasteiger partial charge in [0.25, 0.3) is 10.0 Å². The van der Waals surface area contributed by atoms with Gasteiger partial charge in [0.2, 0.25) is 0 Å². The van der Waals surface area contributed by atoms with Gasteiger partial charge in [0.1, 0.15) is 16.7 Å². The summed E-state index contributed by atoms with van der Waals surface area (Å²) in [6.07, 6.45) is 10.4. The Bertz CT molecular complexity index is 3640. The molecule has 0 unspecified atom stereocenters. The van der Waals surface area contributed by atoms with Crippen molar-refractivity contribution in [1.82, 2.24) is 43.8 Å². The number of H-pyrrole nitrogens is 2. The number of aryl methyl sites for hydroxylation is 1. The average Bonchev–Trinajstić information content (AvgIpc) is 4.16. The highest BCUT2D eigenvalue weighted by Crippen LogP contribution is 2.32. The lowest BCUT2D eigenvalue weighted by Crippen LogP contribution is -2.29. The van der Waals surface area contributed by atoms with Crippen LogP contribution in [0.5, 0.6) is 0 Å². The van der Waals surface area contributed by atoms with Gasteiger partial charge in [-0.15, -0.1) is 0 Å². The number of hydrogen-bond acceptors (Lipinski definition) is 10. The molecule has 0 saturated carbocycles. The predicted octanol–water partition coefficient (Wildman–Crippen LogP) is 11.2. The van der Waals surface area contributed by atoms with E-state index < -0.39 is 26.8 Å². The molecule has 14 nitrogen and oxygen atoms in total. The van der Waals surface area contributed by atoms with Crippen LogP contribution in [0.3, 0.4) is 0 Å². The number of aromatic nitrogens is 9. The molecule has 0 amide bonds. The Morgan fingerprint density at radius 1 is 0.652 bits per heavy atom. The topological polar surface area (TPSA) is 209 Å². The first-order valence-corrected chi connectivity index (χ1v) is 23.6. The molecule has 0 radical (unpaired) electrons. The molecule has 9 aromatic heterocycles. The molecule has 0 aliphatic rings. The number of benzene rings is 1. The SMILES string of the molecule is CC(C)(C(=O)O)c1cccc(-c2ccnc3[nH]ccc23)n1.CC(C)c1cccc(-c2ccnc3[nH]ccc23)n1.Cc1ccc(S(=O)(=O)n2ccc3c(-c4cccc(C(C)(C)C#N)n4)ccnc32)cc1. The number of carboxylic acids is 1. The van der Waals surface area contributed by atoms with Crippen molar-refractivity contribution < 1.29 is 18.3 Å². The normalized spacial score (nSPS) is 11.8. The van der Waals surface area contributed by atoms with Crippen LogP contribution in [0.4, 0.5) is 0 Å². The summed E-state index contributed by atoms with van der Waals surface area (Å²) in [5.41, 5.74) is 8.79. The summed E-state index contributed by atoms with van der Waals surface area (Å²) in [5.74, 6) is -0.456. The average molecular weight is 935 g/mol. The number of nitrogens with zero attached hydrogens (tertiary/aromatic N) is 8. The third-order valence-corrected chi connectivity index (χ3v) is 13.5. The molecule has 0 fully saturated rings. The van der Waals surface area contributed by atoms with Gasteiger partial charge in [0.05, 0.1) is 44.8 Å². The quantitative estimate of drug-likeness (QED) is 0.124. The number of aromatic amines is 2. The number of fused-ring (bicyclic) bond motifs is 3. The molecule has 0 atom stereocenters. The number of nitriles is 1. The Morgan fingerprint density at radius 3 is 1.71 bits per heavy atom. The van der Waals surface area contributed by atoms with Gasteiger partial charge in [-0.25, -0.2) is 27.3 Å². The third-order valence-electron chi connectivity index (χ3n) is 11.8. The molecule has 0 aliphatic carbocycles. The van der Waals surface area contributed by atoms with Crippen molar-refractivity contribution in [1.29, 1.82) is 5.26 Å². The zero-order valence-electron chi connectivity index (χ0n) is 39.2. The highest BCUT2D eigenvalue weighted by Gasteiger charge is 2.31. The van der Waals surface area contributed by atoms with Crippen molar-refractivity contribution in [2.75, 3.05) is 0 Å². The molecule has 10 rings (SSSR count). The summed E-state index contributed by atoms with van der Waals surface area (Å²) in [5, 5.41) is 21.5. The minimum Gasteiger partial charge on any atom is -0.481 e. The summed E-state index contributed by atoms with van der Waals surface area (Å²) in [6.45, 7) is 13.1. The summed E-state index contributed by atoms with van der Waals surface area (Å²) in [4.78, 5) is 44.6. The van der Waals surface area contributed by atoms with Gasteiger partial charge < -0.3 is 15.1 Å². The molecule has 1 aromatic carbocycles. The van der Waals surface area contributed by atoms with Crippen LogP contribution in [-0.4, -0.2) is 63.3 Å². The van der Waals surface area contributed by atoms with E-state index >= 15 is 0 Å². The predicted molar refractivity (Wildman–Crippen MR) is 269 cm³/mol. The highest BCUT2D eigenvalue weighted by atomic mass is 32.2. The lowest BCUT2D eigenvalue weighted by molar-refractivity contribution is -0.142. The van der Waals surface area contributed by atoms with Crippen LogP contribution in [0.25, 0.3) is 66.9 Å². The van der Waals surface area contributed by atoms with E-state index in [0.717, 1.165) is 61.4 Å². The van der Waals surface area contributed by atoms with Crippen molar-refractivity contribution in [2.24, 2.45) is 0 Å². The maximum absolute atomic E-state index is 13.2. The lowest BCUT2D eigenvalue weighted by Gasteiger charge is -2.19. The van der Waals surface area contributed by atoms with Crippen LogP contribution in [0.2, 0.25) is 0 Å². The van der Waals surface area contributed by atoms with Crippen LogP contribution >= 0.6 is 0 Å². The molecule has 0 saturated heterocycles. The van der Waals surface area contributed by atoms with Crippen LogP contribution < -0.4 is 0 Å². The Balaban J connectivity index is 0.000000145. The standard InChI is InChI=1S/C23H20N4O2S.C16H15N3O2.C15H15N3/c1-16-7-9-17(10-8-16)30(28,29)27-14-12-19-18(11-13-25-22(19)27)20-5-4-6-21(26-20)23(2,3)15-24;1-16(2,15(20)21)13-5-3-4-12(19-13)10-6-8-17-14-11(10)7-9-18-14;1-10(2)13-4-3-5-14(18-13)11-6-8-16-15-12(11)7-9-17-15/h4-14H,1-3H3;3-9H,1-2H3,(H,17,18)(H,20,21);3-10H,1-2H3,(H,16,17). The maximum Gasteiger partial charge on any atom is 0.315 e. The van der Waals surface area contributed by atoms with Crippen LogP contribution in [0.15, 0.2) is 157 Å². The van der Waals surface area contributed by atoms with Crippen molar-refractivity contribution in [2.45, 2.75) is 70.1 Å². The first-order chi connectivity index (χ1) is 33.0. The number of hydrogen-bond donors (Lipinski definition) is 3. The second kappa shape index (κ2) is 19.1. The van der Waals surface area contributed by atoms with E-state index in [1.165, 1.54) is 10.2 Å². The van der Waals surface area contributed by atoms with Gasteiger partial charge >= 0.3 is 5.97 Å². The summed E-state index contributed by atoms with van der Waals surface area (Å²) in [7, 11) is -3.78. The molecular weight excluding hydrogens is 885 g/mol. The molecular formula is C54H50N10O4S. The molecule has 10 aromatic rings. The first kappa shape index (κ1) is 47.2. The summed E-state index contributed by atoms with van der Waals surface area (Å²) >= 11 is 0. The third kappa shape index (κ3) is 9.61. The molecule has 3 N–H and O–H groups in total. The van der Waals surface area contributed by atoms with Crippen LogP contribution in [0, 0.1) is 18.3 Å². The fourth-order valence-electron chi connectivity index (χ4n) is 7.58. The minimum atomic E-state index is -3.78. The van der Waals surface area contributed by atoms with Crippen molar-refractivity contribution >= 4 is 49.1 Å². The number of nitrogens with one attached hydrogen (secondary N) is 2.